The number of hydrogen-bond donors (Lipinski definition) is 0. The van der Waals surface area contributed by atoms with Crippen molar-refractivity contribution in [3.8, 4) is 22.9 Å². The first kappa shape index (κ1) is 24.3. The molecule has 4 heteroatoms. The average molecular weight is 564 g/mol. The predicted octanol–water partition coefficient (Wildman–Crippen LogP) is 8.11. The zero-order valence-electron chi connectivity index (χ0n) is 24.9. The van der Waals surface area contributed by atoms with Gasteiger partial charge in [0.15, 0.2) is 0 Å². The maximum atomic E-state index is 7.07. The Balaban J connectivity index is 1.34. The van der Waals surface area contributed by atoms with E-state index in [2.05, 4.69) is 151 Å². The number of hydrogen-bond acceptors (Lipinski definition) is 1. The van der Waals surface area contributed by atoms with Crippen molar-refractivity contribution < 1.29 is 4.74 Å². The molecule has 44 heavy (non-hydrogen) atoms. The average Bonchev–Trinajstić information content (AvgIpc) is 3.56. The maximum absolute atomic E-state index is 7.07. The van der Waals surface area contributed by atoms with Gasteiger partial charge in [0.2, 0.25) is 0 Å². The number of ether oxygens (including phenoxy) is 1. The fraction of sp³-hybridized carbons (Fsp3) is 0.100. The van der Waals surface area contributed by atoms with Gasteiger partial charge in [-0.1, -0.05) is 99.6 Å². The fourth-order valence-corrected chi connectivity index (χ4v) is 7.97. The minimum atomic E-state index is 0.0295. The van der Waals surface area contributed by atoms with Crippen LogP contribution < -0.4 is 21.1 Å². The third-order valence-electron chi connectivity index (χ3n) is 9.94. The SMILES string of the molecule is CC(C)(C)c1ccc2c(c1)B1c3cccc(-n4c5ccccc5c5ccccc54)c3Oc3ccc4c5ccccc5n-2c4c31. The molecule has 3 nitrogen and oxygen atoms in total. The summed E-state index contributed by atoms with van der Waals surface area (Å²) in [5, 5.41) is 5.06. The van der Waals surface area contributed by atoms with Gasteiger partial charge in [-0.15, -0.1) is 0 Å². The third-order valence-corrected chi connectivity index (χ3v) is 9.94. The van der Waals surface area contributed by atoms with Gasteiger partial charge in [0.05, 0.1) is 27.8 Å². The van der Waals surface area contributed by atoms with Gasteiger partial charge in [-0.05, 0) is 69.8 Å². The van der Waals surface area contributed by atoms with Crippen LogP contribution in [0.25, 0.3) is 55.0 Å². The third kappa shape index (κ3) is 2.98. The molecule has 0 aliphatic carbocycles. The minimum absolute atomic E-state index is 0.0295. The smallest absolute Gasteiger partial charge is 0.256 e. The Bertz CT molecular complexity index is 2470. The Kier molecular flexibility index (Phi) is 4.54. The molecule has 0 radical (unpaired) electrons. The highest BCUT2D eigenvalue weighted by Gasteiger charge is 2.42. The molecule has 2 aromatic heterocycles. The van der Waals surface area contributed by atoms with Crippen LogP contribution in [0.2, 0.25) is 0 Å². The van der Waals surface area contributed by atoms with Crippen LogP contribution in [0.5, 0.6) is 11.5 Å². The summed E-state index contributed by atoms with van der Waals surface area (Å²) in [5.41, 5.74) is 12.4. The van der Waals surface area contributed by atoms with Crippen molar-refractivity contribution in [1.82, 2.24) is 9.13 Å². The normalized spacial score (nSPS) is 13.5. The summed E-state index contributed by atoms with van der Waals surface area (Å²) in [7, 11) is 0. The molecule has 0 amide bonds. The van der Waals surface area contributed by atoms with E-state index in [4.69, 9.17) is 4.74 Å². The van der Waals surface area contributed by atoms with Gasteiger partial charge in [0, 0.05) is 27.2 Å². The molecular weight excluding hydrogens is 535 g/mol. The lowest BCUT2D eigenvalue weighted by Crippen LogP contribution is -2.58. The lowest BCUT2D eigenvalue weighted by molar-refractivity contribution is 0.486. The first-order valence-corrected chi connectivity index (χ1v) is 15.5. The van der Waals surface area contributed by atoms with Crippen molar-refractivity contribution in [2.24, 2.45) is 0 Å². The highest BCUT2D eigenvalue weighted by molar-refractivity contribution is 6.99. The van der Waals surface area contributed by atoms with Gasteiger partial charge in [-0.25, -0.2) is 0 Å². The molecule has 6 aromatic carbocycles. The highest BCUT2D eigenvalue weighted by atomic mass is 16.5. The Morgan fingerprint density at radius 1 is 0.545 bits per heavy atom. The van der Waals surface area contributed by atoms with Gasteiger partial charge in [-0.3, -0.25) is 0 Å². The van der Waals surface area contributed by atoms with Crippen LogP contribution >= 0.6 is 0 Å². The fourth-order valence-electron chi connectivity index (χ4n) is 7.97. The van der Waals surface area contributed by atoms with Gasteiger partial charge in [-0.2, -0.15) is 0 Å². The Hall–Kier alpha value is -5.22. The lowest BCUT2D eigenvalue weighted by atomic mass is 9.34. The summed E-state index contributed by atoms with van der Waals surface area (Å²) in [6.45, 7) is 6.97. The van der Waals surface area contributed by atoms with Crippen molar-refractivity contribution in [3.05, 3.63) is 127 Å². The van der Waals surface area contributed by atoms with Crippen LogP contribution in [0.3, 0.4) is 0 Å². The molecule has 2 aliphatic rings. The number of fused-ring (bicyclic) bond motifs is 11. The summed E-state index contributed by atoms with van der Waals surface area (Å²) in [4.78, 5) is 0. The second-order valence-electron chi connectivity index (χ2n) is 13.3. The van der Waals surface area contributed by atoms with E-state index < -0.39 is 0 Å². The van der Waals surface area contributed by atoms with E-state index in [1.54, 1.807) is 0 Å². The second kappa shape index (κ2) is 8.24. The van der Waals surface area contributed by atoms with Gasteiger partial charge < -0.3 is 13.9 Å². The van der Waals surface area contributed by atoms with E-state index in [1.807, 2.05) is 0 Å². The molecule has 8 aromatic rings. The van der Waals surface area contributed by atoms with Crippen LogP contribution in [0.15, 0.2) is 121 Å². The van der Waals surface area contributed by atoms with Crippen molar-refractivity contribution in [2.45, 2.75) is 26.2 Å². The zero-order chi connectivity index (χ0) is 29.3. The summed E-state index contributed by atoms with van der Waals surface area (Å²) >= 11 is 0. The van der Waals surface area contributed by atoms with Crippen molar-refractivity contribution in [2.75, 3.05) is 0 Å². The summed E-state index contributed by atoms with van der Waals surface area (Å²) in [6, 6.07) is 44.5. The Labute approximate surface area is 256 Å². The summed E-state index contributed by atoms with van der Waals surface area (Å²) < 4.78 is 11.9. The molecule has 0 unspecified atom stereocenters. The topological polar surface area (TPSA) is 19.1 Å². The van der Waals surface area contributed by atoms with E-state index in [9.17, 15) is 0 Å². The Morgan fingerprint density at radius 2 is 1.18 bits per heavy atom. The van der Waals surface area contributed by atoms with E-state index in [-0.39, 0.29) is 12.1 Å². The zero-order valence-corrected chi connectivity index (χ0v) is 24.9. The summed E-state index contributed by atoms with van der Waals surface area (Å²) in [6.07, 6.45) is 0. The largest absolute Gasteiger partial charge is 0.456 e. The predicted molar refractivity (Wildman–Crippen MR) is 185 cm³/mol. The van der Waals surface area contributed by atoms with E-state index >= 15 is 0 Å². The van der Waals surface area contributed by atoms with Crippen LogP contribution in [-0.4, -0.2) is 15.8 Å². The van der Waals surface area contributed by atoms with Crippen molar-refractivity contribution >= 4 is 66.7 Å². The number of nitrogens with zero attached hydrogens (tertiary/aromatic N) is 2. The highest BCUT2D eigenvalue weighted by Crippen LogP contribution is 2.42. The standard InChI is InChI=1S/C40H29BN2O/c1-40(2,3)24-19-21-34-30(23-24)41-29-14-10-18-35(42-31-15-7-4-11-25(31)26-12-5-8-16-32(26)42)39(29)44-36-22-20-28-27-13-6-9-17-33(27)43(34)38(28)37(36)41/h4-23H,1-3H3. The first-order chi connectivity index (χ1) is 21.5. The molecule has 0 saturated heterocycles. The number of benzene rings is 6. The van der Waals surface area contributed by atoms with Gasteiger partial charge in [0.25, 0.3) is 6.71 Å². The first-order valence-electron chi connectivity index (χ1n) is 15.5. The maximum Gasteiger partial charge on any atom is 0.256 e. The summed E-state index contributed by atoms with van der Waals surface area (Å²) in [5.74, 6) is 1.88. The van der Waals surface area contributed by atoms with E-state index in [0.717, 1.165) is 17.2 Å². The Morgan fingerprint density at radius 3 is 1.86 bits per heavy atom. The number of aromatic nitrogens is 2. The molecule has 0 fully saturated rings. The molecule has 208 valence electrons. The second-order valence-corrected chi connectivity index (χ2v) is 13.3. The van der Waals surface area contributed by atoms with Crippen molar-refractivity contribution in [3.63, 3.8) is 0 Å². The van der Waals surface area contributed by atoms with Crippen LogP contribution in [0, 0.1) is 0 Å². The molecule has 0 saturated carbocycles. The monoisotopic (exact) mass is 564 g/mol. The molecule has 0 N–H and O–H groups in total. The van der Waals surface area contributed by atoms with Crippen LogP contribution in [-0.2, 0) is 5.41 Å². The quantitative estimate of drug-likeness (QED) is 0.184. The van der Waals surface area contributed by atoms with Gasteiger partial charge >= 0.3 is 0 Å². The number of para-hydroxylation sites is 4. The minimum Gasteiger partial charge on any atom is -0.456 e. The molecule has 2 aliphatic heterocycles. The van der Waals surface area contributed by atoms with E-state index in [1.165, 1.54) is 71.3 Å². The molecule has 0 spiro atoms. The molecule has 4 heterocycles. The number of rotatable bonds is 1. The van der Waals surface area contributed by atoms with Crippen molar-refractivity contribution in [1.29, 1.82) is 0 Å². The van der Waals surface area contributed by atoms with E-state index in [0.29, 0.717) is 0 Å². The molecule has 10 rings (SSSR count). The van der Waals surface area contributed by atoms with Crippen LogP contribution in [0.1, 0.15) is 26.3 Å². The van der Waals surface area contributed by atoms with Crippen LogP contribution in [0.4, 0.5) is 0 Å². The van der Waals surface area contributed by atoms with Gasteiger partial charge in [0.1, 0.15) is 11.5 Å². The molecule has 0 bridgehead atoms. The lowest BCUT2D eigenvalue weighted by Gasteiger charge is -2.34. The molecule has 0 atom stereocenters. The molecular formula is C40H29BN2O.